The summed E-state index contributed by atoms with van der Waals surface area (Å²) in [6.07, 6.45) is 97.1. The van der Waals surface area contributed by atoms with Gasteiger partial charge in [0.25, 0.3) is 0 Å². The van der Waals surface area contributed by atoms with Crippen LogP contribution >= 0.6 is 7.82 Å². The van der Waals surface area contributed by atoms with E-state index in [1.165, 1.54) is 411 Å². The van der Waals surface area contributed by atoms with Gasteiger partial charge in [0, 0.05) is 6.42 Å². The minimum atomic E-state index is -4.33. The molecule has 0 saturated heterocycles. The zero-order valence-corrected chi connectivity index (χ0v) is 64.5. The van der Waals surface area contributed by atoms with Gasteiger partial charge >= 0.3 is 7.82 Å². The maximum absolute atomic E-state index is 13.1. The predicted octanol–water partition coefficient (Wildman–Crippen LogP) is 27.8. The van der Waals surface area contributed by atoms with E-state index in [9.17, 15) is 19.4 Å². The number of quaternary nitrogens is 1. The molecule has 9 heteroatoms. The van der Waals surface area contributed by atoms with Crippen molar-refractivity contribution >= 4 is 13.7 Å². The largest absolute Gasteiger partial charge is 0.472 e. The van der Waals surface area contributed by atoms with Crippen molar-refractivity contribution in [1.82, 2.24) is 5.32 Å². The first kappa shape index (κ1) is 91.5. The van der Waals surface area contributed by atoms with Crippen LogP contribution in [0.5, 0.6) is 0 Å². The van der Waals surface area contributed by atoms with Crippen LogP contribution in [0.15, 0.2) is 0 Å². The number of unbranched alkanes of at least 4 members (excludes halogenated alkanes) is 68. The van der Waals surface area contributed by atoms with E-state index >= 15 is 0 Å². The van der Waals surface area contributed by atoms with Crippen molar-refractivity contribution in [2.45, 2.75) is 488 Å². The van der Waals surface area contributed by atoms with E-state index in [1.807, 2.05) is 21.1 Å². The van der Waals surface area contributed by atoms with Crippen LogP contribution in [0.25, 0.3) is 0 Å². The Labute approximate surface area is 578 Å². The zero-order valence-electron chi connectivity index (χ0n) is 63.6. The number of hydrogen-bond donors (Lipinski definition) is 3. The molecule has 0 aliphatic heterocycles. The third kappa shape index (κ3) is 76.9. The summed E-state index contributed by atoms with van der Waals surface area (Å²) in [4.78, 5) is 23.6. The van der Waals surface area contributed by atoms with Gasteiger partial charge in [0.05, 0.1) is 39.9 Å². The van der Waals surface area contributed by atoms with Crippen LogP contribution in [0.1, 0.15) is 476 Å². The normalized spacial score (nSPS) is 13.3. The number of amides is 1. The first-order chi connectivity index (χ1) is 45.0. The van der Waals surface area contributed by atoms with Crippen LogP contribution in [-0.4, -0.2) is 73.4 Å². The highest BCUT2D eigenvalue weighted by atomic mass is 31.2. The van der Waals surface area contributed by atoms with E-state index in [-0.39, 0.29) is 19.1 Å². The van der Waals surface area contributed by atoms with E-state index in [1.54, 1.807) is 0 Å². The van der Waals surface area contributed by atoms with Gasteiger partial charge in [-0.15, -0.1) is 0 Å². The fourth-order valence-electron chi connectivity index (χ4n) is 13.8. The third-order valence-electron chi connectivity index (χ3n) is 20.4. The average molecular weight is 1320 g/mol. The Hall–Kier alpha value is -0.500. The van der Waals surface area contributed by atoms with Crippen LogP contribution < -0.4 is 5.32 Å². The molecule has 0 saturated carbocycles. The van der Waals surface area contributed by atoms with Gasteiger partial charge in [-0.3, -0.25) is 13.8 Å². The van der Waals surface area contributed by atoms with Gasteiger partial charge < -0.3 is 19.8 Å². The molecule has 0 radical (unpaired) electrons. The maximum atomic E-state index is 13.1. The second-order valence-corrected chi connectivity index (χ2v) is 32.4. The summed E-state index contributed by atoms with van der Waals surface area (Å²) in [5.41, 5.74) is 0. The van der Waals surface area contributed by atoms with Crippen molar-refractivity contribution in [1.29, 1.82) is 0 Å². The van der Waals surface area contributed by atoms with Gasteiger partial charge in [-0.25, -0.2) is 4.57 Å². The Morgan fingerprint density at radius 1 is 0.326 bits per heavy atom. The highest BCUT2D eigenvalue weighted by molar-refractivity contribution is 7.47. The zero-order chi connectivity index (χ0) is 66.9. The lowest BCUT2D eigenvalue weighted by Crippen LogP contribution is -2.46. The molecule has 92 heavy (non-hydrogen) atoms. The van der Waals surface area contributed by atoms with E-state index in [0.29, 0.717) is 23.9 Å². The number of aliphatic hydroxyl groups excluding tert-OH is 1. The minimum Gasteiger partial charge on any atom is -0.391 e. The standard InChI is InChI=1S/C83H169N2O6P/c1-6-8-10-12-14-16-18-20-22-24-26-28-30-32-34-36-38-40-41-42-43-44-45-47-49-51-53-55-57-59-61-63-65-67-69-71-73-75-77-83(87)84-81(80-91-92(88,89)90-79-78-85(3,4)5)82(86)76-74-72-70-68-66-64-62-60-58-56-54-52-50-48-46-39-37-35-33-31-29-27-25-23-21-19-17-15-13-11-9-7-2/h81-82,86H,6-80H2,1-5H3,(H-,84,87,88,89)/p+1. The molecule has 3 atom stereocenters. The van der Waals surface area contributed by atoms with Crippen LogP contribution in [0.4, 0.5) is 0 Å². The topological polar surface area (TPSA) is 105 Å². The average Bonchev–Trinajstić information content (AvgIpc) is 2.66. The second kappa shape index (κ2) is 74.7. The SMILES string of the molecule is CCCCCCCCCCCCCCCCCCCCCCCCCCCCCCCCCCCCCCCCC(=O)NC(COP(=O)(O)OCC[N+](C)(C)C)C(O)CCCCCCCCCCCCCCCCCCCCCCCCCCCCCCCCCC. The van der Waals surface area contributed by atoms with Crippen LogP contribution in [0, 0.1) is 0 Å². The molecule has 0 spiro atoms. The summed E-state index contributed by atoms with van der Waals surface area (Å²) in [6, 6.07) is -0.758. The molecule has 0 aromatic heterocycles. The van der Waals surface area contributed by atoms with Crippen molar-refractivity contribution in [3.63, 3.8) is 0 Å². The Kier molecular flexibility index (Phi) is 74.3. The Morgan fingerprint density at radius 3 is 0.728 bits per heavy atom. The molecule has 0 fully saturated rings. The van der Waals surface area contributed by atoms with E-state index in [4.69, 9.17) is 9.05 Å². The number of nitrogens with one attached hydrogen (secondary N) is 1. The van der Waals surface area contributed by atoms with Crippen molar-refractivity contribution in [2.24, 2.45) is 0 Å². The number of carbonyl (C=O) groups is 1. The van der Waals surface area contributed by atoms with Gasteiger partial charge in [-0.2, -0.15) is 0 Å². The third-order valence-corrected chi connectivity index (χ3v) is 21.3. The number of phosphoric acid groups is 1. The summed E-state index contributed by atoms with van der Waals surface area (Å²) in [7, 11) is 1.65. The van der Waals surface area contributed by atoms with E-state index in [2.05, 4.69) is 19.2 Å². The molecule has 8 nitrogen and oxygen atoms in total. The molecule has 0 heterocycles. The van der Waals surface area contributed by atoms with Crippen molar-refractivity contribution < 1.29 is 32.9 Å². The summed E-state index contributed by atoms with van der Waals surface area (Å²) >= 11 is 0. The molecule has 0 rings (SSSR count). The maximum Gasteiger partial charge on any atom is 0.472 e. The fraction of sp³-hybridized carbons (Fsp3) is 0.988. The van der Waals surface area contributed by atoms with Gasteiger partial charge in [0.2, 0.25) is 5.91 Å². The second-order valence-electron chi connectivity index (χ2n) is 30.9. The number of aliphatic hydroxyl groups is 1. The predicted molar refractivity (Wildman–Crippen MR) is 406 cm³/mol. The molecule has 552 valence electrons. The first-order valence-electron chi connectivity index (χ1n) is 42.4. The Balaban J connectivity index is 3.85. The van der Waals surface area contributed by atoms with Crippen LogP contribution in [0.3, 0.4) is 0 Å². The molecular formula is C83H170N2O6P+. The Bertz CT molecular complexity index is 1460. The molecule has 0 aromatic rings. The highest BCUT2D eigenvalue weighted by Gasteiger charge is 2.28. The summed E-state index contributed by atoms with van der Waals surface area (Å²) < 4.78 is 24.0. The van der Waals surface area contributed by atoms with Crippen LogP contribution in [-0.2, 0) is 18.4 Å². The number of hydrogen-bond acceptors (Lipinski definition) is 5. The monoisotopic (exact) mass is 1320 g/mol. The van der Waals surface area contributed by atoms with Crippen molar-refractivity contribution in [3.05, 3.63) is 0 Å². The molecule has 3 N–H and O–H groups in total. The minimum absolute atomic E-state index is 0.0797. The molecular weight excluding hydrogens is 1150 g/mol. The van der Waals surface area contributed by atoms with Crippen LogP contribution in [0.2, 0.25) is 0 Å². The van der Waals surface area contributed by atoms with Gasteiger partial charge in [0.1, 0.15) is 13.2 Å². The summed E-state index contributed by atoms with van der Waals surface area (Å²) in [5, 5.41) is 14.2. The first-order valence-corrected chi connectivity index (χ1v) is 43.9. The smallest absolute Gasteiger partial charge is 0.391 e. The molecule has 0 aliphatic rings. The van der Waals surface area contributed by atoms with Gasteiger partial charge in [-0.1, -0.05) is 457 Å². The lowest BCUT2D eigenvalue weighted by atomic mass is 10.0. The quantitative estimate of drug-likeness (QED) is 0.0318. The molecule has 0 bridgehead atoms. The molecule has 3 unspecified atom stereocenters. The van der Waals surface area contributed by atoms with Crippen molar-refractivity contribution in [2.75, 3.05) is 40.9 Å². The fourth-order valence-corrected chi connectivity index (χ4v) is 14.6. The lowest BCUT2D eigenvalue weighted by molar-refractivity contribution is -0.870. The number of phosphoric ester groups is 1. The summed E-state index contributed by atoms with van der Waals surface area (Å²) in [6.45, 7) is 4.98. The van der Waals surface area contributed by atoms with E-state index in [0.717, 1.165) is 38.5 Å². The number of nitrogens with zero attached hydrogens (tertiary/aromatic N) is 1. The van der Waals surface area contributed by atoms with E-state index < -0.39 is 20.0 Å². The van der Waals surface area contributed by atoms with Gasteiger partial charge in [0.15, 0.2) is 0 Å². The lowest BCUT2D eigenvalue weighted by Gasteiger charge is -2.26. The number of rotatable bonds is 81. The Morgan fingerprint density at radius 2 is 0.522 bits per heavy atom. The molecule has 0 aromatic carbocycles. The number of likely N-dealkylation sites (N-methyl/N-ethyl adjacent to an activating group) is 1. The van der Waals surface area contributed by atoms with Crippen molar-refractivity contribution in [3.8, 4) is 0 Å². The number of carbonyl (C=O) groups excluding carboxylic acids is 1. The summed E-state index contributed by atoms with van der Waals surface area (Å²) in [5.74, 6) is -0.131. The van der Waals surface area contributed by atoms with Gasteiger partial charge in [-0.05, 0) is 12.8 Å². The highest BCUT2D eigenvalue weighted by Crippen LogP contribution is 2.43. The molecule has 1 amide bonds. The molecule has 0 aliphatic carbocycles.